The molecule has 1 aliphatic rings. The van der Waals surface area contributed by atoms with Gasteiger partial charge in [0, 0.05) is 17.6 Å². The standard InChI is InChI=1S/C26H32N6O2/c1-25(2,33)34-21-13-18(32-11-9-19-23(28)29-15-30-24(19)32)14-26(21,3)10-8-16-4-5-17-6-7-22(27)31-20(17)12-16/h4-7,9,11-12,15,18,21,33H,8,10,13-14H2,1-3H3,(H2,27,31)(H2,28,29,30)/t18?,21-,26-/m0/s1. The van der Waals surface area contributed by atoms with Crippen LogP contribution in [-0.4, -0.2) is 36.5 Å². The van der Waals surface area contributed by atoms with Gasteiger partial charge >= 0.3 is 0 Å². The number of rotatable bonds is 6. The molecule has 0 amide bonds. The summed E-state index contributed by atoms with van der Waals surface area (Å²) in [7, 11) is 0. The van der Waals surface area contributed by atoms with Gasteiger partial charge in [0.15, 0.2) is 5.79 Å². The van der Waals surface area contributed by atoms with Crippen LogP contribution in [0.4, 0.5) is 11.6 Å². The van der Waals surface area contributed by atoms with E-state index in [0.29, 0.717) is 11.6 Å². The maximum atomic E-state index is 10.5. The number of benzene rings is 1. The molecule has 1 fully saturated rings. The highest BCUT2D eigenvalue weighted by Gasteiger charge is 2.47. The first-order valence-corrected chi connectivity index (χ1v) is 11.7. The van der Waals surface area contributed by atoms with Crippen LogP contribution in [0.5, 0.6) is 0 Å². The molecule has 5 N–H and O–H groups in total. The van der Waals surface area contributed by atoms with E-state index in [0.717, 1.165) is 47.6 Å². The molecule has 0 bridgehead atoms. The Morgan fingerprint density at radius 2 is 1.97 bits per heavy atom. The molecule has 1 aliphatic carbocycles. The Hall–Kier alpha value is -3.23. The quantitative estimate of drug-likeness (QED) is 0.368. The summed E-state index contributed by atoms with van der Waals surface area (Å²) in [4.78, 5) is 13.1. The van der Waals surface area contributed by atoms with Crippen LogP contribution in [0.2, 0.25) is 0 Å². The molecule has 34 heavy (non-hydrogen) atoms. The number of pyridine rings is 1. The maximum absolute atomic E-state index is 10.5. The molecule has 0 radical (unpaired) electrons. The zero-order valence-electron chi connectivity index (χ0n) is 19.9. The van der Waals surface area contributed by atoms with Crippen molar-refractivity contribution in [1.82, 2.24) is 19.5 Å². The zero-order valence-corrected chi connectivity index (χ0v) is 19.9. The Morgan fingerprint density at radius 3 is 2.76 bits per heavy atom. The Morgan fingerprint density at radius 1 is 1.18 bits per heavy atom. The largest absolute Gasteiger partial charge is 0.384 e. The van der Waals surface area contributed by atoms with Gasteiger partial charge in [0.2, 0.25) is 0 Å². The van der Waals surface area contributed by atoms with E-state index < -0.39 is 5.79 Å². The van der Waals surface area contributed by atoms with Crippen LogP contribution in [-0.2, 0) is 11.2 Å². The van der Waals surface area contributed by atoms with Crippen LogP contribution < -0.4 is 11.5 Å². The van der Waals surface area contributed by atoms with Crippen LogP contribution in [0, 0.1) is 5.41 Å². The Kier molecular flexibility index (Phi) is 5.45. The molecular weight excluding hydrogens is 428 g/mol. The van der Waals surface area contributed by atoms with Crippen molar-refractivity contribution in [3.63, 3.8) is 0 Å². The maximum Gasteiger partial charge on any atom is 0.160 e. The fourth-order valence-corrected chi connectivity index (χ4v) is 5.35. The third kappa shape index (κ3) is 4.31. The summed E-state index contributed by atoms with van der Waals surface area (Å²) in [5.74, 6) is -0.201. The van der Waals surface area contributed by atoms with Gasteiger partial charge in [0.1, 0.15) is 23.6 Å². The lowest BCUT2D eigenvalue weighted by Gasteiger charge is -2.35. The first-order chi connectivity index (χ1) is 16.1. The number of hydrogen-bond acceptors (Lipinski definition) is 7. The number of ether oxygens (including phenoxy) is 1. The number of nitrogen functional groups attached to an aromatic ring is 2. The average Bonchev–Trinajstić information content (AvgIpc) is 3.33. The summed E-state index contributed by atoms with van der Waals surface area (Å²) >= 11 is 0. The van der Waals surface area contributed by atoms with Crippen LogP contribution in [0.25, 0.3) is 21.9 Å². The molecule has 1 unspecified atom stereocenters. The van der Waals surface area contributed by atoms with Crippen molar-refractivity contribution >= 4 is 33.6 Å². The van der Waals surface area contributed by atoms with E-state index in [1.807, 2.05) is 24.4 Å². The molecule has 3 aromatic heterocycles. The van der Waals surface area contributed by atoms with E-state index in [4.69, 9.17) is 16.2 Å². The van der Waals surface area contributed by atoms with Gasteiger partial charge < -0.3 is 25.9 Å². The molecular formula is C26H32N6O2. The Labute approximate surface area is 199 Å². The number of aliphatic hydroxyl groups is 1. The lowest BCUT2D eigenvalue weighted by atomic mass is 9.80. The summed E-state index contributed by atoms with van der Waals surface area (Å²) in [6.07, 6.45) is 6.91. The van der Waals surface area contributed by atoms with Gasteiger partial charge in [-0.15, -0.1) is 0 Å². The van der Waals surface area contributed by atoms with Gasteiger partial charge in [-0.25, -0.2) is 15.0 Å². The van der Waals surface area contributed by atoms with E-state index in [1.54, 1.807) is 13.8 Å². The predicted molar refractivity (Wildman–Crippen MR) is 134 cm³/mol. The number of nitrogens with two attached hydrogens (primary N) is 2. The van der Waals surface area contributed by atoms with Crippen molar-refractivity contribution in [3.05, 3.63) is 54.5 Å². The monoisotopic (exact) mass is 460 g/mol. The highest BCUT2D eigenvalue weighted by molar-refractivity contribution is 5.86. The number of fused-ring (bicyclic) bond motifs is 2. The molecule has 1 saturated carbocycles. The summed E-state index contributed by atoms with van der Waals surface area (Å²) in [5.41, 5.74) is 14.8. The van der Waals surface area contributed by atoms with Crippen molar-refractivity contribution in [2.45, 2.75) is 64.4 Å². The summed E-state index contributed by atoms with van der Waals surface area (Å²) < 4.78 is 8.39. The minimum Gasteiger partial charge on any atom is -0.384 e. The van der Waals surface area contributed by atoms with E-state index in [1.165, 1.54) is 11.9 Å². The summed E-state index contributed by atoms with van der Waals surface area (Å²) in [5, 5.41) is 12.4. The van der Waals surface area contributed by atoms with Crippen molar-refractivity contribution in [2.24, 2.45) is 5.41 Å². The van der Waals surface area contributed by atoms with Gasteiger partial charge in [0.25, 0.3) is 0 Å². The van der Waals surface area contributed by atoms with Gasteiger partial charge in [-0.2, -0.15) is 0 Å². The molecule has 0 aliphatic heterocycles. The second-order valence-electron chi connectivity index (χ2n) is 10.3. The van der Waals surface area contributed by atoms with Crippen molar-refractivity contribution in [2.75, 3.05) is 11.5 Å². The van der Waals surface area contributed by atoms with Crippen molar-refractivity contribution in [1.29, 1.82) is 0 Å². The second-order valence-corrected chi connectivity index (χ2v) is 10.3. The number of nitrogens with zero attached hydrogens (tertiary/aromatic N) is 4. The third-order valence-electron chi connectivity index (χ3n) is 7.09. The summed E-state index contributed by atoms with van der Waals surface area (Å²) in [6, 6.07) is 12.3. The number of hydrogen-bond donors (Lipinski definition) is 3. The van der Waals surface area contributed by atoms with E-state index >= 15 is 0 Å². The molecule has 178 valence electrons. The van der Waals surface area contributed by atoms with Crippen LogP contribution in [0.15, 0.2) is 48.9 Å². The van der Waals surface area contributed by atoms with Gasteiger partial charge in [-0.1, -0.05) is 19.1 Å². The minimum atomic E-state index is -1.21. The van der Waals surface area contributed by atoms with Gasteiger partial charge in [-0.05, 0) is 74.8 Å². The van der Waals surface area contributed by atoms with Gasteiger partial charge in [0.05, 0.1) is 17.0 Å². The number of aryl methyl sites for hydroxylation is 1. The van der Waals surface area contributed by atoms with Crippen LogP contribution in [0.1, 0.15) is 51.6 Å². The predicted octanol–water partition coefficient (Wildman–Crippen LogP) is 4.23. The fourth-order valence-electron chi connectivity index (χ4n) is 5.35. The lowest BCUT2D eigenvalue weighted by Crippen LogP contribution is -2.37. The minimum absolute atomic E-state index is 0.108. The molecule has 0 spiro atoms. The molecule has 3 heterocycles. The zero-order chi connectivity index (χ0) is 24.1. The molecule has 4 aromatic rings. The normalized spacial score (nSPS) is 23.2. The molecule has 8 nitrogen and oxygen atoms in total. The third-order valence-corrected chi connectivity index (χ3v) is 7.09. The number of aromatic nitrogens is 4. The molecule has 5 rings (SSSR count). The second kappa shape index (κ2) is 8.21. The van der Waals surface area contributed by atoms with E-state index in [2.05, 4.69) is 44.6 Å². The lowest BCUT2D eigenvalue weighted by molar-refractivity contribution is -0.224. The fraction of sp³-hybridized carbons (Fsp3) is 0.423. The topological polar surface area (TPSA) is 125 Å². The Bertz CT molecular complexity index is 1340. The molecule has 1 aromatic carbocycles. The number of anilines is 2. The molecule has 8 heteroatoms. The highest BCUT2D eigenvalue weighted by atomic mass is 16.6. The van der Waals surface area contributed by atoms with Gasteiger partial charge in [-0.3, -0.25) is 0 Å². The van der Waals surface area contributed by atoms with Crippen molar-refractivity contribution in [3.8, 4) is 0 Å². The highest BCUT2D eigenvalue weighted by Crippen LogP contribution is 2.50. The van der Waals surface area contributed by atoms with Crippen molar-refractivity contribution < 1.29 is 9.84 Å². The Balaban J connectivity index is 1.41. The summed E-state index contributed by atoms with van der Waals surface area (Å²) in [6.45, 7) is 5.65. The van der Waals surface area contributed by atoms with E-state index in [-0.39, 0.29) is 17.6 Å². The smallest absolute Gasteiger partial charge is 0.160 e. The van der Waals surface area contributed by atoms with Crippen LogP contribution in [0.3, 0.4) is 0 Å². The van der Waals surface area contributed by atoms with E-state index in [9.17, 15) is 5.11 Å². The molecule has 3 atom stereocenters. The first-order valence-electron chi connectivity index (χ1n) is 11.7. The average molecular weight is 461 g/mol. The van der Waals surface area contributed by atoms with Crippen LogP contribution >= 0.6 is 0 Å². The SMILES string of the molecule is CC(C)(O)O[C@H]1CC(n2ccc3c(N)ncnc32)C[C@]1(C)CCc1ccc2ccc(N)nc2c1. The first kappa shape index (κ1) is 22.6. The molecule has 0 saturated heterocycles.